The summed E-state index contributed by atoms with van der Waals surface area (Å²) in [6, 6.07) is 0. The van der Waals surface area contributed by atoms with Crippen molar-refractivity contribution >= 4 is 5.97 Å². The molecule has 0 saturated heterocycles. The van der Waals surface area contributed by atoms with Crippen molar-refractivity contribution in [1.82, 2.24) is 0 Å². The third-order valence-electron chi connectivity index (χ3n) is 1.77. The minimum Gasteiger partial charge on any atom is -0.459 e. The monoisotopic (exact) mass is 143 g/mol. The molecule has 2 nitrogen and oxygen atoms in total. The highest BCUT2D eigenvalue weighted by atomic mass is 16.6. The van der Waals surface area contributed by atoms with Crippen LogP contribution < -0.4 is 0 Å². The van der Waals surface area contributed by atoms with Crippen LogP contribution in [0.2, 0.25) is 0 Å². The molecule has 0 fully saturated rings. The van der Waals surface area contributed by atoms with E-state index in [-0.39, 0.29) is 0 Å². The second kappa shape index (κ2) is 3.04. The van der Waals surface area contributed by atoms with Gasteiger partial charge in [-0.15, -0.1) is 0 Å². The van der Waals surface area contributed by atoms with Gasteiger partial charge in [0, 0.05) is 0 Å². The summed E-state index contributed by atoms with van der Waals surface area (Å²) in [5.41, 5.74) is -0.390. The zero-order chi connectivity index (χ0) is 8.36. The molecule has 0 aliphatic rings. The largest absolute Gasteiger partial charge is 0.459 e. The van der Waals surface area contributed by atoms with Crippen molar-refractivity contribution in [3.05, 3.63) is 6.92 Å². The summed E-state index contributed by atoms with van der Waals surface area (Å²) in [5, 5.41) is 0. The molecule has 0 amide bonds. The molecule has 0 atom stereocenters. The molecule has 0 aliphatic heterocycles. The second-order valence-corrected chi connectivity index (χ2v) is 3.23. The third kappa shape index (κ3) is 2.85. The van der Waals surface area contributed by atoms with E-state index >= 15 is 0 Å². The van der Waals surface area contributed by atoms with Crippen LogP contribution >= 0.6 is 0 Å². The lowest BCUT2D eigenvalue weighted by Gasteiger charge is -2.28. The van der Waals surface area contributed by atoms with E-state index in [1.54, 1.807) is 0 Å². The van der Waals surface area contributed by atoms with Crippen molar-refractivity contribution in [1.29, 1.82) is 0 Å². The van der Waals surface area contributed by atoms with Gasteiger partial charge in [-0.25, -0.2) is 0 Å². The van der Waals surface area contributed by atoms with Crippen molar-refractivity contribution in [3.8, 4) is 0 Å². The Balaban J connectivity index is 3.99. The first kappa shape index (κ1) is 9.47. The first-order valence-corrected chi connectivity index (χ1v) is 3.41. The molecule has 1 radical (unpaired) electrons. The van der Waals surface area contributed by atoms with E-state index < -0.39 is 11.6 Å². The molecule has 0 N–H and O–H groups in total. The molecular weight excluding hydrogens is 128 g/mol. The van der Waals surface area contributed by atoms with Crippen LogP contribution in [0.25, 0.3) is 0 Å². The molecule has 0 aromatic heterocycles. The summed E-state index contributed by atoms with van der Waals surface area (Å²) >= 11 is 0. The minimum absolute atomic E-state index is 0.318. The standard InChI is InChI=1S/C8H15O2/c1-6(2)8(4,5)10-7(3)9/h6H,3H2,1-2,4-5H3. The Kier molecular flexibility index (Phi) is 2.88. The molecule has 0 aromatic carbocycles. The quantitative estimate of drug-likeness (QED) is 0.551. The SMILES string of the molecule is [CH2]C(=O)OC(C)(C)C(C)C. The van der Waals surface area contributed by atoms with Gasteiger partial charge < -0.3 is 4.74 Å². The second-order valence-electron chi connectivity index (χ2n) is 3.23. The van der Waals surface area contributed by atoms with Crippen LogP contribution in [0.15, 0.2) is 0 Å². The molecule has 0 aromatic rings. The van der Waals surface area contributed by atoms with Crippen LogP contribution in [0.1, 0.15) is 27.7 Å². The molecule has 0 aliphatic carbocycles. The highest BCUT2D eigenvalue weighted by molar-refractivity contribution is 5.74. The van der Waals surface area contributed by atoms with Crippen LogP contribution in [0, 0.1) is 12.8 Å². The van der Waals surface area contributed by atoms with Crippen LogP contribution in [0.3, 0.4) is 0 Å². The number of carbonyl (C=O) groups is 1. The fourth-order valence-electron chi connectivity index (χ4n) is 0.411. The highest BCUT2D eigenvalue weighted by Crippen LogP contribution is 2.19. The van der Waals surface area contributed by atoms with Crippen LogP contribution in [-0.2, 0) is 9.53 Å². The van der Waals surface area contributed by atoms with Gasteiger partial charge in [0.15, 0.2) is 0 Å². The van der Waals surface area contributed by atoms with Crippen molar-refractivity contribution in [3.63, 3.8) is 0 Å². The van der Waals surface area contributed by atoms with Gasteiger partial charge in [0.05, 0.1) is 6.92 Å². The number of carbonyl (C=O) groups excluding carboxylic acids is 1. The lowest BCUT2D eigenvalue weighted by Crippen LogP contribution is -2.32. The fourth-order valence-corrected chi connectivity index (χ4v) is 0.411. The van der Waals surface area contributed by atoms with E-state index in [0.29, 0.717) is 5.92 Å². The molecule has 59 valence electrons. The van der Waals surface area contributed by atoms with Gasteiger partial charge >= 0.3 is 5.97 Å². The Morgan fingerprint density at radius 1 is 1.50 bits per heavy atom. The van der Waals surface area contributed by atoms with E-state index in [9.17, 15) is 4.79 Å². The minimum atomic E-state index is -0.460. The highest BCUT2D eigenvalue weighted by Gasteiger charge is 2.24. The van der Waals surface area contributed by atoms with E-state index in [0.717, 1.165) is 0 Å². The number of hydrogen-bond donors (Lipinski definition) is 0. The molecule has 2 heteroatoms. The maximum atomic E-state index is 10.4. The molecule has 0 spiro atoms. The summed E-state index contributed by atoms with van der Waals surface area (Å²) < 4.78 is 4.95. The van der Waals surface area contributed by atoms with Crippen molar-refractivity contribution in [2.45, 2.75) is 33.3 Å². The number of hydrogen-bond acceptors (Lipinski definition) is 2. The Bertz CT molecular complexity index is 125. The van der Waals surface area contributed by atoms with Gasteiger partial charge in [0.25, 0.3) is 0 Å². The topological polar surface area (TPSA) is 26.3 Å². The Morgan fingerprint density at radius 2 is 1.90 bits per heavy atom. The lowest BCUT2D eigenvalue weighted by atomic mass is 9.95. The van der Waals surface area contributed by atoms with Crippen molar-refractivity contribution in [2.75, 3.05) is 0 Å². The maximum Gasteiger partial charge on any atom is 0.306 e. The lowest BCUT2D eigenvalue weighted by molar-refractivity contribution is -0.154. The number of rotatable bonds is 2. The smallest absolute Gasteiger partial charge is 0.306 e. The molecule has 0 heterocycles. The van der Waals surface area contributed by atoms with E-state index in [4.69, 9.17) is 4.74 Å². The summed E-state index contributed by atoms with van der Waals surface area (Å²) in [6.45, 7) is 10.9. The zero-order valence-corrected chi connectivity index (χ0v) is 7.10. The van der Waals surface area contributed by atoms with Gasteiger partial charge in [0.1, 0.15) is 5.60 Å². The van der Waals surface area contributed by atoms with E-state index in [1.807, 2.05) is 27.7 Å². The van der Waals surface area contributed by atoms with Gasteiger partial charge in [-0.1, -0.05) is 13.8 Å². The summed E-state index contributed by atoms with van der Waals surface area (Å²) in [6.07, 6.45) is 0. The van der Waals surface area contributed by atoms with Crippen molar-refractivity contribution < 1.29 is 9.53 Å². The molecule has 0 bridgehead atoms. The summed E-state index contributed by atoms with van der Waals surface area (Å²) in [5.74, 6) is -0.142. The zero-order valence-electron chi connectivity index (χ0n) is 7.10. The molecular formula is C8H15O2. The van der Waals surface area contributed by atoms with Gasteiger partial charge in [-0.2, -0.15) is 0 Å². The molecule has 0 unspecified atom stereocenters. The normalized spacial score (nSPS) is 11.8. The van der Waals surface area contributed by atoms with Gasteiger partial charge in [0.2, 0.25) is 0 Å². The number of ether oxygens (including phenoxy) is 1. The average molecular weight is 143 g/mol. The maximum absolute atomic E-state index is 10.4. The van der Waals surface area contributed by atoms with Gasteiger partial charge in [-0.05, 0) is 19.8 Å². The average Bonchev–Trinajstić information content (AvgIpc) is 1.60. The predicted octanol–water partition coefficient (Wildman–Crippen LogP) is 1.80. The summed E-state index contributed by atoms with van der Waals surface area (Å²) in [4.78, 5) is 10.4. The van der Waals surface area contributed by atoms with Crippen molar-refractivity contribution in [2.24, 2.45) is 5.92 Å². The Labute approximate surface area is 62.6 Å². The molecule has 10 heavy (non-hydrogen) atoms. The van der Waals surface area contributed by atoms with Crippen LogP contribution in [-0.4, -0.2) is 11.6 Å². The van der Waals surface area contributed by atoms with E-state index in [1.165, 1.54) is 0 Å². The summed E-state index contributed by atoms with van der Waals surface area (Å²) in [7, 11) is 0. The molecule has 0 rings (SSSR count). The number of esters is 1. The Morgan fingerprint density at radius 3 is 2.00 bits per heavy atom. The fraction of sp³-hybridized carbons (Fsp3) is 0.750. The van der Waals surface area contributed by atoms with Gasteiger partial charge in [-0.3, -0.25) is 4.79 Å². The Hall–Kier alpha value is -0.530. The van der Waals surface area contributed by atoms with E-state index in [2.05, 4.69) is 6.92 Å². The third-order valence-corrected chi connectivity index (χ3v) is 1.77. The molecule has 0 saturated carbocycles. The predicted molar refractivity (Wildman–Crippen MR) is 40.4 cm³/mol. The van der Waals surface area contributed by atoms with Crippen LogP contribution in [0.4, 0.5) is 0 Å². The van der Waals surface area contributed by atoms with Crippen LogP contribution in [0.5, 0.6) is 0 Å². The first-order valence-electron chi connectivity index (χ1n) is 3.41. The first-order chi connectivity index (χ1) is 4.36.